The second kappa shape index (κ2) is 7.58. The molecule has 1 rings (SSSR count). The Kier molecular flexibility index (Phi) is 6.10. The Morgan fingerprint density at radius 3 is 2.57 bits per heavy atom. The predicted molar refractivity (Wildman–Crippen MR) is 75.1 cm³/mol. The molecule has 21 heavy (non-hydrogen) atoms. The van der Waals surface area contributed by atoms with E-state index in [-0.39, 0.29) is 12.8 Å². The predicted octanol–water partition coefficient (Wildman–Crippen LogP) is 0.911. The number of hydrogen-bond acceptors (Lipinski definition) is 5. The summed E-state index contributed by atoms with van der Waals surface area (Å²) in [5, 5.41) is 19.9. The molecule has 0 aliphatic rings. The zero-order valence-electron chi connectivity index (χ0n) is 11.7. The molecule has 0 saturated carbocycles. The maximum Gasteiger partial charge on any atom is 0.326 e. The van der Waals surface area contributed by atoms with Gasteiger partial charge < -0.3 is 20.4 Å². The number of nitrogens with zero attached hydrogens (tertiary/aromatic N) is 2. The molecule has 0 bridgehead atoms. The summed E-state index contributed by atoms with van der Waals surface area (Å²) in [6, 6.07) is -1.79. The van der Waals surface area contributed by atoms with Gasteiger partial charge in [0, 0.05) is 18.3 Å². The van der Waals surface area contributed by atoms with Crippen molar-refractivity contribution in [2.75, 3.05) is 7.05 Å². The molecule has 1 atom stereocenters. The number of thiazole rings is 1. The van der Waals surface area contributed by atoms with Gasteiger partial charge in [-0.3, -0.25) is 4.79 Å². The summed E-state index contributed by atoms with van der Waals surface area (Å²) in [7, 11) is 1.53. The molecule has 0 fully saturated rings. The fraction of sp³-hybridized carbons (Fsp3) is 0.500. The van der Waals surface area contributed by atoms with Gasteiger partial charge in [0.25, 0.3) is 0 Å². The molecular formula is C12H17N3O5S. The van der Waals surface area contributed by atoms with Crippen molar-refractivity contribution in [2.45, 2.75) is 32.4 Å². The Labute approximate surface area is 125 Å². The highest BCUT2D eigenvalue weighted by Gasteiger charge is 2.23. The zero-order valence-corrected chi connectivity index (χ0v) is 12.5. The topological polar surface area (TPSA) is 120 Å². The third-order valence-corrected chi connectivity index (χ3v) is 3.73. The summed E-state index contributed by atoms with van der Waals surface area (Å²) in [5.74, 6) is -2.36. The molecule has 1 heterocycles. The number of carbonyl (C=O) groups is 3. The van der Waals surface area contributed by atoms with Crippen molar-refractivity contribution in [1.82, 2.24) is 15.2 Å². The highest BCUT2D eigenvalue weighted by atomic mass is 32.1. The molecule has 1 unspecified atom stereocenters. The van der Waals surface area contributed by atoms with Crippen LogP contribution in [0.1, 0.15) is 23.4 Å². The fourth-order valence-corrected chi connectivity index (χ4v) is 2.38. The molecule has 0 aromatic carbocycles. The summed E-state index contributed by atoms with van der Waals surface area (Å²) in [6.07, 6.45) is -0.487. The molecular weight excluding hydrogens is 298 g/mol. The molecule has 3 N–H and O–H groups in total. The average Bonchev–Trinajstić information content (AvgIpc) is 2.79. The fourth-order valence-electron chi connectivity index (χ4n) is 1.55. The zero-order chi connectivity index (χ0) is 16.0. The summed E-state index contributed by atoms with van der Waals surface area (Å²) in [4.78, 5) is 39.7. The van der Waals surface area contributed by atoms with Crippen molar-refractivity contribution in [3.8, 4) is 0 Å². The van der Waals surface area contributed by atoms with E-state index >= 15 is 0 Å². The van der Waals surface area contributed by atoms with Gasteiger partial charge in [-0.1, -0.05) is 0 Å². The van der Waals surface area contributed by atoms with Gasteiger partial charge in [0.15, 0.2) is 0 Å². The normalized spacial score (nSPS) is 11.7. The lowest BCUT2D eigenvalue weighted by Crippen LogP contribution is -2.46. The monoisotopic (exact) mass is 315 g/mol. The number of rotatable bonds is 7. The molecule has 8 nitrogen and oxygen atoms in total. The lowest BCUT2D eigenvalue weighted by atomic mass is 10.1. The number of carboxylic acids is 2. The Balaban J connectivity index is 2.58. The number of hydrogen-bond donors (Lipinski definition) is 3. The molecule has 0 radical (unpaired) electrons. The van der Waals surface area contributed by atoms with Gasteiger partial charge in [-0.25, -0.2) is 14.6 Å². The van der Waals surface area contributed by atoms with Crippen LogP contribution in [0.3, 0.4) is 0 Å². The number of nitrogens with one attached hydrogen (secondary N) is 1. The molecule has 1 aromatic rings. The highest BCUT2D eigenvalue weighted by molar-refractivity contribution is 7.09. The molecule has 0 saturated heterocycles. The van der Waals surface area contributed by atoms with E-state index in [1.165, 1.54) is 23.3 Å². The van der Waals surface area contributed by atoms with Crippen molar-refractivity contribution < 1.29 is 24.6 Å². The van der Waals surface area contributed by atoms with Gasteiger partial charge in [0.1, 0.15) is 6.04 Å². The minimum absolute atomic E-state index is 0.163. The van der Waals surface area contributed by atoms with Crippen molar-refractivity contribution in [3.05, 3.63) is 16.1 Å². The van der Waals surface area contributed by atoms with Crippen LogP contribution in [0.2, 0.25) is 0 Å². The van der Waals surface area contributed by atoms with Crippen LogP contribution in [0.5, 0.6) is 0 Å². The molecule has 116 valence electrons. The van der Waals surface area contributed by atoms with Crippen molar-refractivity contribution in [3.63, 3.8) is 0 Å². The third kappa shape index (κ3) is 5.38. The smallest absolute Gasteiger partial charge is 0.326 e. The van der Waals surface area contributed by atoms with Gasteiger partial charge in [0.2, 0.25) is 0 Å². The van der Waals surface area contributed by atoms with Gasteiger partial charge >= 0.3 is 18.0 Å². The maximum atomic E-state index is 11.9. The SMILES string of the molecule is Cc1ncsc1CN(C)C(=O)NC(CCC(=O)O)C(=O)O. The first-order valence-corrected chi connectivity index (χ1v) is 7.04. The van der Waals surface area contributed by atoms with Gasteiger partial charge in [-0.2, -0.15) is 0 Å². The van der Waals surface area contributed by atoms with E-state index < -0.39 is 24.0 Å². The van der Waals surface area contributed by atoms with Crippen molar-refractivity contribution in [2.24, 2.45) is 0 Å². The van der Waals surface area contributed by atoms with Crippen molar-refractivity contribution >= 4 is 29.3 Å². The van der Waals surface area contributed by atoms with E-state index in [1.807, 2.05) is 6.92 Å². The first-order valence-electron chi connectivity index (χ1n) is 6.16. The van der Waals surface area contributed by atoms with Crippen LogP contribution in [0, 0.1) is 6.92 Å². The molecule has 0 spiro atoms. The lowest BCUT2D eigenvalue weighted by molar-refractivity contribution is -0.140. The van der Waals surface area contributed by atoms with Crippen LogP contribution in [0.4, 0.5) is 4.79 Å². The van der Waals surface area contributed by atoms with Gasteiger partial charge in [-0.15, -0.1) is 11.3 Å². The van der Waals surface area contributed by atoms with Crippen LogP contribution in [-0.4, -0.2) is 51.2 Å². The number of aryl methyl sites for hydroxylation is 1. The molecule has 9 heteroatoms. The molecule has 1 aromatic heterocycles. The second-order valence-electron chi connectivity index (χ2n) is 4.49. The summed E-state index contributed by atoms with van der Waals surface area (Å²) in [5.41, 5.74) is 2.49. The van der Waals surface area contributed by atoms with Crippen LogP contribution >= 0.6 is 11.3 Å². The maximum absolute atomic E-state index is 11.9. The number of carbonyl (C=O) groups excluding carboxylic acids is 1. The summed E-state index contributed by atoms with van der Waals surface area (Å²) in [6.45, 7) is 2.14. The summed E-state index contributed by atoms with van der Waals surface area (Å²) >= 11 is 1.41. The largest absolute Gasteiger partial charge is 0.481 e. The molecule has 0 aliphatic carbocycles. The first-order chi connectivity index (χ1) is 9.81. The van der Waals surface area contributed by atoms with Gasteiger partial charge in [-0.05, 0) is 13.3 Å². The van der Waals surface area contributed by atoms with E-state index in [2.05, 4.69) is 10.3 Å². The number of aromatic nitrogens is 1. The molecule has 2 amide bonds. The third-order valence-electron chi connectivity index (χ3n) is 2.82. The second-order valence-corrected chi connectivity index (χ2v) is 5.43. The van der Waals surface area contributed by atoms with E-state index in [0.717, 1.165) is 10.6 Å². The van der Waals surface area contributed by atoms with Crippen LogP contribution in [0.15, 0.2) is 5.51 Å². The molecule has 0 aliphatic heterocycles. The Morgan fingerprint density at radius 1 is 1.43 bits per heavy atom. The summed E-state index contributed by atoms with van der Waals surface area (Å²) < 4.78 is 0. The van der Waals surface area contributed by atoms with E-state index in [9.17, 15) is 14.4 Å². The minimum atomic E-state index is -1.26. The number of urea groups is 1. The first kappa shape index (κ1) is 16.9. The van der Waals surface area contributed by atoms with Crippen LogP contribution in [0.25, 0.3) is 0 Å². The number of aliphatic carboxylic acids is 2. The highest BCUT2D eigenvalue weighted by Crippen LogP contribution is 2.14. The Morgan fingerprint density at radius 2 is 2.10 bits per heavy atom. The van der Waals surface area contributed by atoms with Crippen LogP contribution in [-0.2, 0) is 16.1 Å². The van der Waals surface area contributed by atoms with E-state index in [1.54, 1.807) is 5.51 Å². The lowest BCUT2D eigenvalue weighted by Gasteiger charge is -2.20. The quantitative estimate of drug-likeness (QED) is 0.688. The van der Waals surface area contributed by atoms with Crippen molar-refractivity contribution in [1.29, 1.82) is 0 Å². The van der Waals surface area contributed by atoms with E-state index in [4.69, 9.17) is 10.2 Å². The standard InChI is InChI=1S/C12H17N3O5S/c1-7-9(21-6-13-7)5-15(2)12(20)14-8(11(18)19)3-4-10(16)17/h6,8H,3-5H2,1-2H3,(H,14,20)(H,16,17)(H,18,19). The van der Waals surface area contributed by atoms with E-state index in [0.29, 0.717) is 6.54 Å². The number of amides is 2. The Bertz CT molecular complexity index is 531. The van der Waals surface area contributed by atoms with Crippen LogP contribution < -0.4 is 5.32 Å². The number of carboxylic acid groups (broad SMARTS) is 2. The average molecular weight is 315 g/mol. The Hall–Kier alpha value is -2.16. The minimum Gasteiger partial charge on any atom is -0.481 e. The van der Waals surface area contributed by atoms with Gasteiger partial charge in [0.05, 0.1) is 17.7 Å².